The van der Waals surface area contributed by atoms with E-state index in [0.717, 1.165) is 0 Å². The van der Waals surface area contributed by atoms with Crippen molar-refractivity contribution in [1.82, 2.24) is 24.8 Å². The van der Waals surface area contributed by atoms with Gasteiger partial charge >= 0.3 is 0 Å². The van der Waals surface area contributed by atoms with E-state index in [9.17, 15) is 8.42 Å². The molecule has 0 saturated carbocycles. The van der Waals surface area contributed by atoms with Gasteiger partial charge in [-0.1, -0.05) is 5.21 Å². The number of sulfonamides is 1. The summed E-state index contributed by atoms with van der Waals surface area (Å²) in [5, 5.41) is 11.1. The van der Waals surface area contributed by atoms with Gasteiger partial charge in [0.15, 0.2) is 4.60 Å². The largest absolute Gasteiger partial charge is 0.282 e. The van der Waals surface area contributed by atoms with Crippen molar-refractivity contribution in [2.45, 2.75) is 5.03 Å². The van der Waals surface area contributed by atoms with Crippen molar-refractivity contribution in [1.29, 1.82) is 0 Å². The van der Waals surface area contributed by atoms with Gasteiger partial charge < -0.3 is 0 Å². The zero-order valence-electron chi connectivity index (χ0n) is 8.99. The summed E-state index contributed by atoms with van der Waals surface area (Å²) in [6.07, 6.45) is 2.96. The first kappa shape index (κ1) is 12.0. The second kappa shape index (κ2) is 4.11. The quantitative estimate of drug-likeness (QED) is 0.866. The number of nitrogens with zero attached hydrogens (tertiary/aromatic N) is 5. The lowest BCUT2D eigenvalue weighted by Gasteiger charge is -2.05. The van der Waals surface area contributed by atoms with E-state index < -0.39 is 10.0 Å². The van der Waals surface area contributed by atoms with Crippen LogP contribution < -0.4 is 4.72 Å². The molecule has 2 heterocycles. The van der Waals surface area contributed by atoms with Crippen LogP contribution in [0.1, 0.15) is 0 Å². The fraction of sp³-hybridized carbons (Fsp3) is 0.286. The Bertz CT molecular complexity index is 626. The monoisotopic (exact) mass is 320 g/mol. The van der Waals surface area contributed by atoms with Crippen molar-refractivity contribution >= 4 is 31.6 Å². The molecule has 17 heavy (non-hydrogen) atoms. The van der Waals surface area contributed by atoms with E-state index in [1.165, 1.54) is 22.6 Å². The maximum absolute atomic E-state index is 12.0. The molecule has 92 valence electrons. The molecular formula is C7H9BrN6O2S. The summed E-state index contributed by atoms with van der Waals surface area (Å²) in [6, 6.07) is 0. The van der Waals surface area contributed by atoms with Gasteiger partial charge in [-0.2, -0.15) is 13.5 Å². The third kappa shape index (κ3) is 2.31. The minimum atomic E-state index is -3.73. The summed E-state index contributed by atoms with van der Waals surface area (Å²) < 4.78 is 29.3. The highest BCUT2D eigenvalue weighted by molar-refractivity contribution is 9.10. The number of anilines is 1. The minimum Gasteiger partial charge on any atom is -0.275 e. The summed E-state index contributed by atoms with van der Waals surface area (Å²) in [5.41, 5.74) is 0.376. The van der Waals surface area contributed by atoms with E-state index in [1.807, 2.05) is 0 Å². The summed E-state index contributed by atoms with van der Waals surface area (Å²) in [6.45, 7) is 0. The molecule has 0 saturated heterocycles. The smallest absolute Gasteiger partial charge is 0.275 e. The molecule has 0 aliphatic heterocycles. The van der Waals surface area contributed by atoms with Crippen LogP contribution in [0.4, 0.5) is 5.69 Å². The minimum absolute atomic E-state index is 0.0404. The molecule has 0 spiro atoms. The summed E-state index contributed by atoms with van der Waals surface area (Å²) >= 11 is 3.04. The number of hydrogen-bond donors (Lipinski definition) is 1. The number of rotatable bonds is 3. The molecule has 0 unspecified atom stereocenters. The first-order valence-corrected chi connectivity index (χ1v) is 6.74. The number of halogens is 1. The van der Waals surface area contributed by atoms with Crippen molar-refractivity contribution in [3.63, 3.8) is 0 Å². The van der Waals surface area contributed by atoms with E-state index in [0.29, 0.717) is 5.69 Å². The molecule has 0 atom stereocenters. The predicted molar refractivity (Wildman–Crippen MR) is 62.7 cm³/mol. The van der Waals surface area contributed by atoms with Crippen LogP contribution in [0.5, 0.6) is 0 Å². The molecule has 1 N–H and O–H groups in total. The van der Waals surface area contributed by atoms with E-state index in [4.69, 9.17) is 0 Å². The Morgan fingerprint density at radius 3 is 2.59 bits per heavy atom. The van der Waals surface area contributed by atoms with Crippen LogP contribution >= 0.6 is 15.9 Å². The molecule has 8 nitrogen and oxygen atoms in total. The lowest BCUT2D eigenvalue weighted by molar-refractivity contribution is 0.578. The van der Waals surface area contributed by atoms with Gasteiger partial charge in [-0.25, -0.2) is 4.68 Å². The number of hydrogen-bond acceptors (Lipinski definition) is 5. The zero-order valence-corrected chi connectivity index (χ0v) is 11.4. The van der Waals surface area contributed by atoms with Gasteiger partial charge in [-0.3, -0.25) is 9.40 Å². The molecule has 0 aliphatic carbocycles. The summed E-state index contributed by atoms with van der Waals surface area (Å²) in [7, 11) is -0.541. The number of aromatic nitrogens is 5. The highest BCUT2D eigenvalue weighted by atomic mass is 79.9. The van der Waals surface area contributed by atoms with Crippen LogP contribution in [0.3, 0.4) is 0 Å². The lowest BCUT2D eigenvalue weighted by atomic mass is 10.6. The second-order valence-electron chi connectivity index (χ2n) is 3.32. The van der Waals surface area contributed by atoms with Gasteiger partial charge in [0.1, 0.15) is 0 Å². The normalized spacial score (nSPS) is 11.7. The highest BCUT2D eigenvalue weighted by Crippen LogP contribution is 2.20. The Hall–Kier alpha value is -1.42. The van der Waals surface area contributed by atoms with Crippen molar-refractivity contribution in [3.05, 3.63) is 17.0 Å². The van der Waals surface area contributed by atoms with Crippen molar-refractivity contribution < 1.29 is 8.42 Å². The molecule has 0 radical (unpaired) electrons. The SMILES string of the molecule is Cn1cc(NS(=O)(=O)c2c(Br)nnn2C)cn1. The van der Waals surface area contributed by atoms with E-state index >= 15 is 0 Å². The molecule has 0 fully saturated rings. The molecule has 2 aromatic heterocycles. The van der Waals surface area contributed by atoms with Crippen molar-refractivity contribution in [3.8, 4) is 0 Å². The molecule has 0 amide bonds. The summed E-state index contributed by atoms with van der Waals surface area (Å²) in [5.74, 6) is 0. The molecular weight excluding hydrogens is 312 g/mol. The van der Waals surface area contributed by atoms with Crippen LogP contribution in [-0.4, -0.2) is 33.2 Å². The zero-order chi connectivity index (χ0) is 12.6. The average molecular weight is 321 g/mol. The Morgan fingerprint density at radius 2 is 2.12 bits per heavy atom. The fourth-order valence-electron chi connectivity index (χ4n) is 1.29. The van der Waals surface area contributed by atoms with E-state index in [1.54, 1.807) is 13.2 Å². The molecule has 10 heteroatoms. The molecule has 0 bridgehead atoms. The van der Waals surface area contributed by atoms with Gasteiger partial charge in [0.05, 0.1) is 11.9 Å². The molecule has 2 aromatic rings. The maximum atomic E-state index is 12.0. The highest BCUT2D eigenvalue weighted by Gasteiger charge is 2.24. The Morgan fingerprint density at radius 1 is 1.41 bits per heavy atom. The van der Waals surface area contributed by atoms with Crippen molar-refractivity contribution in [2.75, 3.05) is 4.72 Å². The Kier molecular flexibility index (Phi) is 2.91. The van der Waals surface area contributed by atoms with E-state index in [2.05, 4.69) is 36.1 Å². The van der Waals surface area contributed by atoms with Crippen LogP contribution in [-0.2, 0) is 24.1 Å². The third-order valence-electron chi connectivity index (χ3n) is 1.95. The van der Waals surface area contributed by atoms with Crippen LogP contribution in [0.2, 0.25) is 0 Å². The van der Waals surface area contributed by atoms with Gasteiger partial charge in [0.2, 0.25) is 5.03 Å². The second-order valence-corrected chi connectivity index (χ2v) is 5.67. The van der Waals surface area contributed by atoms with Gasteiger partial charge in [0.25, 0.3) is 10.0 Å². The maximum Gasteiger partial charge on any atom is 0.282 e. The first-order valence-electron chi connectivity index (χ1n) is 4.47. The molecule has 0 aromatic carbocycles. The predicted octanol–water partition coefficient (Wildman–Crippen LogP) is 0.112. The summed E-state index contributed by atoms with van der Waals surface area (Å²) in [4.78, 5) is 0. The molecule has 2 rings (SSSR count). The van der Waals surface area contributed by atoms with Crippen LogP contribution in [0.15, 0.2) is 22.0 Å². The first-order chi connectivity index (χ1) is 7.90. The molecule has 0 aliphatic rings. The standard InChI is InChI=1S/C7H9BrN6O2S/c1-13-4-5(3-9-13)11-17(15,16)7-6(8)10-12-14(7)2/h3-4,11H,1-2H3. The van der Waals surface area contributed by atoms with Gasteiger partial charge in [0, 0.05) is 20.3 Å². The van der Waals surface area contributed by atoms with Crippen LogP contribution in [0.25, 0.3) is 0 Å². The van der Waals surface area contributed by atoms with Crippen molar-refractivity contribution in [2.24, 2.45) is 14.1 Å². The topological polar surface area (TPSA) is 94.7 Å². The average Bonchev–Trinajstić information content (AvgIpc) is 2.73. The van der Waals surface area contributed by atoms with Crippen LogP contribution in [0, 0.1) is 0 Å². The van der Waals surface area contributed by atoms with Gasteiger partial charge in [-0.05, 0) is 15.9 Å². The number of aryl methyl sites for hydroxylation is 2. The van der Waals surface area contributed by atoms with Gasteiger partial charge in [-0.15, -0.1) is 5.10 Å². The fourth-order valence-corrected chi connectivity index (χ4v) is 3.41. The van der Waals surface area contributed by atoms with E-state index in [-0.39, 0.29) is 9.63 Å². The Balaban J connectivity index is 2.38. The number of nitrogens with one attached hydrogen (secondary N) is 1. The lowest BCUT2D eigenvalue weighted by Crippen LogP contribution is -2.16. The third-order valence-corrected chi connectivity index (χ3v) is 4.22. The Labute approximate surface area is 106 Å².